The zero-order valence-electron chi connectivity index (χ0n) is 21.2. The van der Waals surface area contributed by atoms with E-state index in [1.165, 1.54) is 55.7 Å². The second-order valence-corrected chi connectivity index (χ2v) is 9.74. The van der Waals surface area contributed by atoms with Crippen LogP contribution in [0.5, 0.6) is 11.5 Å². The standard InChI is InChI=1S/C32H32BNO/c1-5-21-9-13-25(14-10-21)34-28-15-11-22(6-2)17-26(28)33-27-18-23(7-3)12-16-30(27)35-31-20-24(8-4)19-29(34)32(31)33/h9-20H,5-8H2,1-4H3. The van der Waals surface area contributed by atoms with Crippen LogP contribution in [0.25, 0.3) is 0 Å². The van der Waals surface area contributed by atoms with E-state index in [1.807, 2.05) is 0 Å². The normalized spacial score (nSPS) is 13.1. The first-order chi connectivity index (χ1) is 17.1. The minimum Gasteiger partial charge on any atom is -0.458 e. The Morgan fingerprint density at radius 3 is 1.89 bits per heavy atom. The van der Waals surface area contributed by atoms with Gasteiger partial charge < -0.3 is 9.64 Å². The molecule has 0 saturated heterocycles. The molecule has 6 rings (SSSR count). The smallest absolute Gasteiger partial charge is 0.256 e. The van der Waals surface area contributed by atoms with Gasteiger partial charge in [-0.3, -0.25) is 0 Å². The summed E-state index contributed by atoms with van der Waals surface area (Å²) in [7, 11) is 0. The molecule has 0 atom stereocenters. The van der Waals surface area contributed by atoms with Gasteiger partial charge in [-0.15, -0.1) is 0 Å². The summed E-state index contributed by atoms with van der Waals surface area (Å²) in [6.07, 6.45) is 4.06. The summed E-state index contributed by atoms with van der Waals surface area (Å²) in [5.74, 6) is 2.00. The van der Waals surface area contributed by atoms with Gasteiger partial charge in [0.25, 0.3) is 6.71 Å². The lowest BCUT2D eigenvalue weighted by molar-refractivity contribution is 0.486. The van der Waals surface area contributed by atoms with Crippen LogP contribution in [0.3, 0.4) is 0 Å². The summed E-state index contributed by atoms with van der Waals surface area (Å²) in [4.78, 5) is 2.46. The maximum atomic E-state index is 6.63. The van der Waals surface area contributed by atoms with Crippen molar-refractivity contribution in [2.75, 3.05) is 4.90 Å². The topological polar surface area (TPSA) is 12.5 Å². The first-order valence-electron chi connectivity index (χ1n) is 13.1. The molecule has 35 heavy (non-hydrogen) atoms. The van der Waals surface area contributed by atoms with E-state index in [-0.39, 0.29) is 6.71 Å². The van der Waals surface area contributed by atoms with E-state index in [2.05, 4.69) is 105 Å². The number of rotatable bonds is 5. The van der Waals surface area contributed by atoms with E-state index < -0.39 is 0 Å². The van der Waals surface area contributed by atoms with Crippen LogP contribution in [-0.2, 0) is 25.7 Å². The van der Waals surface area contributed by atoms with Crippen LogP contribution >= 0.6 is 0 Å². The molecule has 0 spiro atoms. The summed E-state index contributed by atoms with van der Waals surface area (Å²) in [5.41, 5.74) is 13.1. The maximum absolute atomic E-state index is 6.63. The zero-order chi connectivity index (χ0) is 24.1. The van der Waals surface area contributed by atoms with E-state index in [1.54, 1.807) is 0 Å². The van der Waals surface area contributed by atoms with Gasteiger partial charge in [0.1, 0.15) is 11.5 Å². The van der Waals surface area contributed by atoms with Gasteiger partial charge in [0, 0.05) is 17.1 Å². The van der Waals surface area contributed by atoms with E-state index in [9.17, 15) is 0 Å². The monoisotopic (exact) mass is 457 g/mol. The number of anilines is 3. The molecule has 2 aliphatic rings. The van der Waals surface area contributed by atoms with Crippen molar-refractivity contribution < 1.29 is 4.74 Å². The molecule has 0 N–H and O–H groups in total. The lowest BCUT2D eigenvalue weighted by atomic mass is 9.34. The first-order valence-corrected chi connectivity index (χ1v) is 13.1. The Hall–Kier alpha value is -3.46. The highest BCUT2D eigenvalue weighted by Gasteiger charge is 2.42. The molecule has 4 aromatic rings. The Bertz CT molecular complexity index is 1420. The molecular weight excluding hydrogens is 425 g/mol. The lowest BCUT2D eigenvalue weighted by Crippen LogP contribution is -2.59. The van der Waals surface area contributed by atoms with Crippen molar-refractivity contribution in [2.45, 2.75) is 53.4 Å². The third-order valence-electron chi connectivity index (χ3n) is 7.79. The highest BCUT2D eigenvalue weighted by atomic mass is 16.5. The van der Waals surface area contributed by atoms with Gasteiger partial charge in [0.2, 0.25) is 0 Å². The Morgan fingerprint density at radius 2 is 1.20 bits per heavy atom. The molecule has 3 heteroatoms. The summed E-state index contributed by atoms with van der Waals surface area (Å²) in [6.45, 7) is 9.08. The third kappa shape index (κ3) is 3.48. The molecule has 2 aliphatic heterocycles. The molecule has 2 nitrogen and oxygen atoms in total. The highest BCUT2D eigenvalue weighted by molar-refractivity contribution is 6.99. The number of benzene rings is 4. The molecule has 0 bridgehead atoms. The van der Waals surface area contributed by atoms with Gasteiger partial charge in [0.15, 0.2) is 0 Å². The fraction of sp³-hybridized carbons (Fsp3) is 0.250. The molecule has 0 unspecified atom stereocenters. The van der Waals surface area contributed by atoms with Crippen molar-refractivity contribution in [2.24, 2.45) is 0 Å². The third-order valence-corrected chi connectivity index (χ3v) is 7.79. The Kier molecular flexibility index (Phi) is 5.44. The number of hydrogen-bond donors (Lipinski definition) is 0. The van der Waals surface area contributed by atoms with Crippen molar-refractivity contribution in [3.8, 4) is 11.5 Å². The minimum absolute atomic E-state index is 0.175. The van der Waals surface area contributed by atoms with Crippen LogP contribution in [0.15, 0.2) is 72.8 Å². The van der Waals surface area contributed by atoms with Crippen molar-refractivity contribution >= 4 is 40.2 Å². The molecule has 4 aromatic carbocycles. The predicted octanol–water partition coefficient (Wildman–Crippen LogP) is 6.34. The average Bonchev–Trinajstić information content (AvgIpc) is 2.92. The molecule has 2 heterocycles. The molecule has 0 saturated carbocycles. The minimum atomic E-state index is 0.175. The van der Waals surface area contributed by atoms with E-state index in [0.717, 1.165) is 37.2 Å². The summed E-state index contributed by atoms with van der Waals surface area (Å²) in [5, 5.41) is 0. The molecule has 0 aliphatic carbocycles. The average molecular weight is 457 g/mol. The van der Waals surface area contributed by atoms with Gasteiger partial charge in [-0.1, -0.05) is 64.1 Å². The van der Waals surface area contributed by atoms with Crippen LogP contribution in [0, 0.1) is 0 Å². The summed E-state index contributed by atoms with van der Waals surface area (Å²) in [6, 6.07) is 27.5. The van der Waals surface area contributed by atoms with Gasteiger partial charge in [-0.2, -0.15) is 0 Å². The number of aryl methyl sites for hydroxylation is 4. The Morgan fingerprint density at radius 1 is 0.571 bits per heavy atom. The molecule has 0 radical (unpaired) electrons. The molecule has 174 valence electrons. The molecule has 0 amide bonds. The summed E-state index contributed by atoms with van der Waals surface area (Å²) >= 11 is 0. The van der Waals surface area contributed by atoms with Crippen molar-refractivity contribution in [1.29, 1.82) is 0 Å². The predicted molar refractivity (Wildman–Crippen MR) is 150 cm³/mol. The van der Waals surface area contributed by atoms with E-state index in [0.29, 0.717) is 0 Å². The van der Waals surface area contributed by atoms with Crippen molar-refractivity contribution in [3.63, 3.8) is 0 Å². The number of ether oxygens (including phenoxy) is 1. The van der Waals surface area contributed by atoms with E-state index in [4.69, 9.17) is 4.74 Å². The Balaban J connectivity index is 1.67. The second kappa shape index (κ2) is 8.64. The van der Waals surface area contributed by atoms with Gasteiger partial charge in [-0.25, -0.2) is 0 Å². The van der Waals surface area contributed by atoms with Crippen LogP contribution in [-0.4, -0.2) is 6.71 Å². The van der Waals surface area contributed by atoms with Gasteiger partial charge in [-0.05, 0) is 101 Å². The van der Waals surface area contributed by atoms with Gasteiger partial charge >= 0.3 is 0 Å². The summed E-state index contributed by atoms with van der Waals surface area (Å²) < 4.78 is 6.63. The van der Waals surface area contributed by atoms with Crippen molar-refractivity contribution in [1.82, 2.24) is 0 Å². The van der Waals surface area contributed by atoms with Crippen molar-refractivity contribution in [3.05, 3.63) is 95.1 Å². The van der Waals surface area contributed by atoms with Gasteiger partial charge in [0.05, 0.1) is 0 Å². The number of nitrogens with zero attached hydrogens (tertiary/aromatic N) is 1. The maximum Gasteiger partial charge on any atom is 0.256 e. The van der Waals surface area contributed by atoms with E-state index >= 15 is 0 Å². The Labute approximate surface area is 209 Å². The van der Waals surface area contributed by atoms with Crippen LogP contribution in [0.2, 0.25) is 0 Å². The second-order valence-electron chi connectivity index (χ2n) is 9.74. The zero-order valence-corrected chi connectivity index (χ0v) is 21.2. The number of fused-ring (bicyclic) bond motifs is 4. The van der Waals surface area contributed by atoms with Crippen LogP contribution < -0.4 is 26.0 Å². The quantitative estimate of drug-likeness (QED) is 0.280. The van der Waals surface area contributed by atoms with Crippen LogP contribution in [0.4, 0.5) is 17.1 Å². The fourth-order valence-electron chi connectivity index (χ4n) is 5.71. The highest BCUT2D eigenvalue weighted by Crippen LogP contribution is 2.41. The lowest BCUT2D eigenvalue weighted by Gasteiger charge is -2.40. The molecule has 0 aromatic heterocycles. The largest absolute Gasteiger partial charge is 0.458 e. The number of hydrogen-bond acceptors (Lipinski definition) is 2. The fourth-order valence-corrected chi connectivity index (χ4v) is 5.71. The SMILES string of the molecule is CCc1ccc(N2c3ccc(CC)cc3B3c4cc(CC)ccc4Oc4cc(CC)cc2c43)cc1. The van der Waals surface area contributed by atoms with Crippen LogP contribution in [0.1, 0.15) is 49.9 Å². The first kappa shape index (κ1) is 22.0. The molecular formula is C32H32BNO. The molecule has 0 fully saturated rings.